The Hall–Kier alpha value is -2.04. The minimum Gasteiger partial charge on any atom is -0.723 e. The van der Waals surface area contributed by atoms with Crippen LogP contribution in [0.5, 0.6) is 34.5 Å². The van der Waals surface area contributed by atoms with E-state index in [0.717, 1.165) is 77.0 Å². The van der Waals surface area contributed by atoms with Crippen LogP contribution in [-0.4, -0.2) is 39.6 Å². The van der Waals surface area contributed by atoms with Crippen molar-refractivity contribution in [2.75, 3.05) is 39.6 Å². The Bertz CT molecular complexity index is 1130. The van der Waals surface area contributed by atoms with Gasteiger partial charge in [-0.05, 0) is 90.5 Å². The smallest absolute Gasteiger partial charge is 0.723 e. The molecule has 0 radical (unpaired) electrons. The summed E-state index contributed by atoms with van der Waals surface area (Å²) in [6.07, 6.45) is 11.9. The molecule has 0 unspecified atom stereocenters. The van der Waals surface area contributed by atoms with Gasteiger partial charge in [0.2, 0.25) is 0 Å². The molecule has 0 heterocycles. The molecule has 2 rings (SSSR count). The maximum absolute atomic E-state index is 11.4. The first-order chi connectivity index (χ1) is 25.0. The predicted molar refractivity (Wildman–Crippen MR) is 204 cm³/mol. The molecule has 0 aliphatic rings. The summed E-state index contributed by atoms with van der Waals surface area (Å²) < 4.78 is 35.8. The van der Waals surface area contributed by atoms with Crippen LogP contribution in [0.2, 0.25) is 0 Å². The summed E-state index contributed by atoms with van der Waals surface area (Å²) >= 11 is 0. The van der Waals surface area contributed by atoms with Crippen LogP contribution in [0.1, 0.15) is 157 Å². The van der Waals surface area contributed by atoms with Crippen LogP contribution in [-0.2, 0) is 47.2 Å². The molecule has 0 saturated carbocycles. The van der Waals surface area contributed by atoms with Crippen molar-refractivity contribution in [2.45, 2.75) is 157 Å². The molecule has 0 bridgehead atoms. The normalized spacial score (nSPS) is 11.2. The third kappa shape index (κ3) is 18.0. The van der Waals surface area contributed by atoms with E-state index in [4.69, 9.17) is 28.4 Å². The van der Waals surface area contributed by atoms with Gasteiger partial charge < -0.3 is 48.7 Å². The molecule has 0 amide bonds. The molecule has 0 aliphatic carbocycles. The summed E-state index contributed by atoms with van der Waals surface area (Å²) in [7, 11) is 0. The van der Waals surface area contributed by atoms with Crippen molar-refractivity contribution in [3.8, 4) is 34.5 Å². The summed E-state index contributed by atoms with van der Waals surface area (Å²) in [6.45, 7) is 23.1. The van der Waals surface area contributed by atoms with Gasteiger partial charge in [-0.15, -0.1) is 0 Å². The van der Waals surface area contributed by atoms with Gasteiger partial charge in [-0.25, -0.2) is 0 Å². The third-order valence-electron chi connectivity index (χ3n) is 8.30. The Morgan fingerprint density at radius 2 is 0.623 bits per heavy atom. The molecule has 11 heteroatoms. The Kier molecular flexibility index (Phi) is 28.2. The molecule has 53 heavy (non-hydrogen) atoms. The van der Waals surface area contributed by atoms with Crippen molar-refractivity contribution >= 4 is 0 Å². The Labute approximate surface area is 340 Å². The molecule has 0 aliphatic heterocycles. The van der Waals surface area contributed by atoms with Crippen LogP contribution in [0.15, 0.2) is 24.3 Å². The van der Waals surface area contributed by atoms with Crippen LogP contribution in [0.25, 0.3) is 0 Å². The van der Waals surface area contributed by atoms with Crippen molar-refractivity contribution in [3.63, 3.8) is 0 Å². The van der Waals surface area contributed by atoms with Crippen molar-refractivity contribution in [1.29, 1.82) is 0 Å². The maximum Gasteiger partial charge on any atom is 2.00 e. The zero-order valence-electron chi connectivity index (χ0n) is 34.6. The summed E-state index contributed by atoms with van der Waals surface area (Å²) in [6, 6.07) is 7.42. The number of benzene rings is 2. The van der Waals surface area contributed by atoms with Crippen LogP contribution in [0.3, 0.4) is 0 Å². The average Bonchev–Trinajstić information content (AvgIpc) is 3.13. The molecular formula is C42H70O10Zr. The minimum absolute atomic E-state index is 0. The summed E-state index contributed by atoms with van der Waals surface area (Å²) in [4.78, 5) is 9.07. The van der Waals surface area contributed by atoms with Gasteiger partial charge in [-0.1, -0.05) is 80.1 Å². The van der Waals surface area contributed by atoms with Crippen molar-refractivity contribution in [3.05, 3.63) is 35.4 Å². The van der Waals surface area contributed by atoms with Crippen LogP contribution in [0.4, 0.5) is 0 Å². The van der Waals surface area contributed by atoms with E-state index in [2.05, 4.69) is 51.3 Å². The summed E-state index contributed by atoms with van der Waals surface area (Å²) in [5, 5.41) is 22.9. The summed E-state index contributed by atoms with van der Waals surface area (Å²) in [5.74, 6) is 3.63. The molecule has 0 N–H and O–H groups in total. The second-order valence-corrected chi connectivity index (χ2v) is 13.9. The quantitative estimate of drug-likeness (QED) is 0.0466. The third-order valence-corrected chi connectivity index (χ3v) is 8.30. The zero-order chi connectivity index (χ0) is 38.8. The second-order valence-electron chi connectivity index (χ2n) is 13.9. The number of unbranched alkanes of at least 4 members (excludes halogenated alkanes) is 6. The predicted octanol–water partition coefficient (Wildman–Crippen LogP) is 9.50. The molecule has 0 fully saturated rings. The van der Waals surface area contributed by atoms with Gasteiger partial charge in [-0.2, -0.15) is 0 Å². The van der Waals surface area contributed by atoms with Gasteiger partial charge in [-0.3, -0.25) is 0 Å². The molecule has 2 aromatic rings. The van der Waals surface area contributed by atoms with E-state index in [0.29, 0.717) is 85.3 Å². The SMILES string of the molecule is CCCCOc1ccc(OCCCC)c(C(C)(C)O[O-])c1OCCCC.CCCCOc1ccc(OCCCC)c(C(C)(C)O[O-])c1OCCCC.[Zr+2]. The van der Waals surface area contributed by atoms with Gasteiger partial charge >= 0.3 is 26.2 Å². The monoisotopic (exact) mass is 824 g/mol. The molecular weight excluding hydrogens is 756 g/mol. The number of ether oxygens (including phenoxy) is 6. The van der Waals surface area contributed by atoms with E-state index in [1.807, 2.05) is 24.3 Å². The number of rotatable bonds is 28. The van der Waals surface area contributed by atoms with E-state index < -0.39 is 11.2 Å². The Morgan fingerprint density at radius 1 is 0.396 bits per heavy atom. The Morgan fingerprint density at radius 3 is 0.868 bits per heavy atom. The van der Waals surface area contributed by atoms with Crippen molar-refractivity contribution in [1.82, 2.24) is 0 Å². The molecule has 0 saturated heterocycles. The first-order valence-electron chi connectivity index (χ1n) is 19.8. The standard InChI is InChI=1S/2C21H36O5.Zr/c2*1-6-9-14-23-17-12-13-18(24-15-10-7-2)20(25-16-11-8-3)19(17)21(4,5)26-22;/h2*12-13,22H,6-11,14-16H2,1-5H3;/q;;+2/p-2. The van der Waals surface area contributed by atoms with Crippen LogP contribution < -0.4 is 38.9 Å². The fourth-order valence-corrected chi connectivity index (χ4v) is 5.01. The number of hydrogen-bond donors (Lipinski definition) is 0. The number of hydrogen-bond acceptors (Lipinski definition) is 10. The molecule has 302 valence electrons. The van der Waals surface area contributed by atoms with Crippen molar-refractivity contribution in [2.24, 2.45) is 0 Å². The van der Waals surface area contributed by atoms with Gasteiger partial charge in [0.15, 0.2) is 23.0 Å². The fourth-order valence-electron chi connectivity index (χ4n) is 5.01. The molecule has 2 aromatic carbocycles. The largest absolute Gasteiger partial charge is 2.00 e. The topological polar surface area (TPSA) is 120 Å². The van der Waals surface area contributed by atoms with E-state index in [1.54, 1.807) is 27.7 Å². The Balaban J connectivity index is 0.00000100. The zero-order valence-corrected chi connectivity index (χ0v) is 37.1. The molecule has 0 aromatic heterocycles. The van der Waals surface area contributed by atoms with Gasteiger partial charge in [0.1, 0.15) is 11.5 Å². The first kappa shape index (κ1) is 51.0. The minimum atomic E-state index is -1.09. The maximum atomic E-state index is 11.4. The van der Waals surface area contributed by atoms with E-state index >= 15 is 0 Å². The van der Waals surface area contributed by atoms with E-state index in [1.165, 1.54) is 0 Å². The molecule has 0 atom stereocenters. The van der Waals surface area contributed by atoms with Crippen LogP contribution >= 0.6 is 0 Å². The van der Waals surface area contributed by atoms with E-state index in [9.17, 15) is 10.5 Å². The van der Waals surface area contributed by atoms with E-state index in [-0.39, 0.29) is 26.2 Å². The average molecular weight is 826 g/mol. The van der Waals surface area contributed by atoms with Gasteiger partial charge in [0.25, 0.3) is 0 Å². The van der Waals surface area contributed by atoms with Gasteiger partial charge in [0, 0.05) is 0 Å². The molecule has 0 spiro atoms. The second kappa shape index (κ2) is 29.3. The first-order valence-corrected chi connectivity index (χ1v) is 19.8. The molecule has 10 nitrogen and oxygen atoms in total. The summed E-state index contributed by atoms with van der Waals surface area (Å²) in [5.41, 5.74) is -0.942. The van der Waals surface area contributed by atoms with Crippen LogP contribution in [0, 0.1) is 0 Å². The van der Waals surface area contributed by atoms with Gasteiger partial charge in [0.05, 0.1) is 62.0 Å². The van der Waals surface area contributed by atoms with Crippen molar-refractivity contribution < 1.29 is 74.9 Å². The fraction of sp³-hybridized carbons (Fsp3) is 0.714.